The Morgan fingerprint density at radius 1 is 1.12 bits per heavy atom. The largest absolute Gasteiger partial charge is 0.381 e. The fourth-order valence-corrected chi connectivity index (χ4v) is 2.46. The van der Waals surface area contributed by atoms with E-state index in [1.165, 1.54) is 0 Å². The zero-order valence-corrected chi connectivity index (χ0v) is 10.6. The van der Waals surface area contributed by atoms with E-state index in [2.05, 4.69) is 11.1 Å². The molecule has 0 bridgehead atoms. The van der Waals surface area contributed by atoms with Crippen LogP contribution in [0.15, 0.2) is 36.5 Å². The summed E-state index contributed by atoms with van der Waals surface area (Å²) in [5, 5.41) is 10.5. The second-order valence-corrected chi connectivity index (χ2v) is 4.49. The van der Waals surface area contributed by atoms with Crippen LogP contribution in [0.25, 0.3) is 11.1 Å². The molecule has 3 heteroatoms. The van der Waals surface area contributed by atoms with Gasteiger partial charge in [0.15, 0.2) is 0 Å². The maximum absolute atomic E-state index is 10.5. The van der Waals surface area contributed by atoms with E-state index in [9.17, 15) is 5.11 Å². The van der Waals surface area contributed by atoms with Crippen molar-refractivity contribution < 1.29 is 5.11 Å². The minimum atomic E-state index is -0.910. The van der Waals surface area contributed by atoms with Gasteiger partial charge in [-0.1, -0.05) is 24.3 Å². The maximum Gasteiger partial charge on any atom is 0.114 e. The van der Waals surface area contributed by atoms with Crippen molar-refractivity contribution in [3.63, 3.8) is 0 Å². The molecule has 1 aliphatic rings. The van der Waals surface area contributed by atoms with Gasteiger partial charge in [-0.25, -0.2) is 0 Å². The zero-order valence-electron chi connectivity index (χ0n) is 9.77. The molecule has 3 rings (SSSR count). The summed E-state index contributed by atoms with van der Waals surface area (Å²) < 4.78 is 0. The van der Waals surface area contributed by atoms with Crippen LogP contribution in [0.1, 0.15) is 23.7 Å². The quantitative estimate of drug-likeness (QED) is 0.776. The van der Waals surface area contributed by atoms with Crippen molar-refractivity contribution in [1.29, 1.82) is 0 Å². The molecule has 1 N–H and O–H groups in total. The minimum absolute atomic E-state index is 0. The maximum atomic E-state index is 10.5. The lowest BCUT2D eigenvalue weighted by Gasteiger charge is -2.19. The molecule has 0 radical (unpaired) electrons. The molecule has 2 nitrogen and oxygen atoms in total. The lowest BCUT2D eigenvalue weighted by molar-refractivity contribution is 0.107. The first-order chi connectivity index (χ1) is 7.60. The van der Waals surface area contributed by atoms with Crippen molar-refractivity contribution >= 4 is 12.4 Å². The van der Waals surface area contributed by atoms with Crippen LogP contribution in [0, 0.1) is 6.92 Å². The Morgan fingerprint density at radius 3 is 2.59 bits per heavy atom. The predicted octanol–water partition coefficient (Wildman–Crippen LogP) is 3.05. The summed E-state index contributed by atoms with van der Waals surface area (Å²) in [5.74, 6) is 0. The van der Waals surface area contributed by atoms with E-state index < -0.39 is 5.60 Å². The molecular formula is C14H14ClNO. The van der Waals surface area contributed by atoms with Gasteiger partial charge >= 0.3 is 0 Å². The minimum Gasteiger partial charge on any atom is -0.381 e. The van der Waals surface area contributed by atoms with Gasteiger partial charge in [-0.15, -0.1) is 12.4 Å². The zero-order chi connectivity index (χ0) is 11.3. The van der Waals surface area contributed by atoms with Crippen LogP contribution >= 0.6 is 12.4 Å². The Bertz CT molecular complexity index is 578. The summed E-state index contributed by atoms with van der Waals surface area (Å²) in [6.45, 7) is 3.80. The number of benzene rings is 1. The molecule has 88 valence electrons. The van der Waals surface area contributed by atoms with Crippen LogP contribution in [0.3, 0.4) is 0 Å². The smallest absolute Gasteiger partial charge is 0.114 e. The molecule has 2 aromatic rings. The van der Waals surface area contributed by atoms with Gasteiger partial charge in [-0.3, -0.25) is 4.98 Å². The van der Waals surface area contributed by atoms with Crippen LogP contribution in [0.4, 0.5) is 0 Å². The average Bonchev–Trinajstić information content (AvgIpc) is 2.49. The second-order valence-electron chi connectivity index (χ2n) is 4.49. The van der Waals surface area contributed by atoms with Crippen LogP contribution in [-0.4, -0.2) is 10.1 Å². The van der Waals surface area contributed by atoms with E-state index >= 15 is 0 Å². The number of pyridine rings is 1. The third-order valence-corrected chi connectivity index (χ3v) is 3.31. The summed E-state index contributed by atoms with van der Waals surface area (Å²) in [7, 11) is 0. The topological polar surface area (TPSA) is 33.1 Å². The van der Waals surface area contributed by atoms with Gasteiger partial charge in [-0.05, 0) is 36.6 Å². The fraction of sp³-hybridized carbons (Fsp3) is 0.214. The van der Waals surface area contributed by atoms with Gasteiger partial charge in [0.1, 0.15) is 5.60 Å². The molecule has 0 aliphatic heterocycles. The van der Waals surface area contributed by atoms with Crippen molar-refractivity contribution in [2.24, 2.45) is 0 Å². The Labute approximate surface area is 107 Å². The predicted molar refractivity (Wildman–Crippen MR) is 70.3 cm³/mol. The van der Waals surface area contributed by atoms with Crippen LogP contribution in [0.2, 0.25) is 0 Å². The van der Waals surface area contributed by atoms with E-state index in [1.807, 2.05) is 38.1 Å². The Balaban J connectivity index is 0.00000108. The van der Waals surface area contributed by atoms with Crippen molar-refractivity contribution in [1.82, 2.24) is 4.98 Å². The number of nitrogens with zero attached hydrogens (tertiary/aromatic N) is 1. The molecule has 1 heterocycles. The molecule has 0 fully saturated rings. The van der Waals surface area contributed by atoms with Crippen LogP contribution in [-0.2, 0) is 5.60 Å². The number of hydrogen-bond acceptors (Lipinski definition) is 2. The number of hydrogen-bond donors (Lipinski definition) is 1. The van der Waals surface area contributed by atoms with Crippen molar-refractivity contribution in [3.05, 3.63) is 53.3 Å². The third-order valence-electron chi connectivity index (χ3n) is 3.31. The van der Waals surface area contributed by atoms with Crippen molar-refractivity contribution in [3.8, 4) is 11.1 Å². The number of fused-ring (bicyclic) bond motifs is 3. The van der Waals surface area contributed by atoms with Crippen molar-refractivity contribution in [2.45, 2.75) is 19.4 Å². The molecule has 1 aromatic heterocycles. The van der Waals surface area contributed by atoms with Gasteiger partial charge in [0.25, 0.3) is 0 Å². The first kappa shape index (κ1) is 12.1. The van der Waals surface area contributed by atoms with Crippen molar-refractivity contribution in [2.75, 3.05) is 0 Å². The summed E-state index contributed by atoms with van der Waals surface area (Å²) in [6, 6.07) is 10.0. The van der Waals surface area contributed by atoms with Gasteiger partial charge in [0.2, 0.25) is 0 Å². The van der Waals surface area contributed by atoms with Gasteiger partial charge < -0.3 is 5.11 Å². The fourth-order valence-electron chi connectivity index (χ4n) is 2.46. The van der Waals surface area contributed by atoms with E-state index in [4.69, 9.17) is 0 Å². The SMILES string of the molecule is Cc1cc2c(cn1)C(C)(O)c1ccccc1-2.Cl. The highest BCUT2D eigenvalue weighted by Gasteiger charge is 2.37. The molecule has 1 unspecified atom stereocenters. The number of aliphatic hydroxyl groups is 1. The van der Waals surface area contributed by atoms with Gasteiger partial charge in [0, 0.05) is 17.5 Å². The summed E-state index contributed by atoms with van der Waals surface area (Å²) in [5.41, 5.74) is 4.16. The molecule has 0 saturated heterocycles. The Kier molecular flexibility index (Phi) is 2.72. The highest BCUT2D eigenvalue weighted by molar-refractivity contribution is 5.85. The molecule has 0 amide bonds. The highest BCUT2D eigenvalue weighted by Crippen LogP contribution is 2.46. The van der Waals surface area contributed by atoms with E-state index in [0.29, 0.717) is 0 Å². The Hall–Kier alpha value is -1.38. The summed E-state index contributed by atoms with van der Waals surface area (Å²) in [6.07, 6.45) is 1.78. The number of rotatable bonds is 0. The second kappa shape index (κ2) is 3.83. The van der Waals surface area contributed by atoms with E-state index in [0.717, 1.165) is 27.9 Å². The molecular weight excluding hydrogens is 234 g/mol. The summed E-state index contributed by atoms with van der Waals surface area (Å²) >= 11 is 0. The third kappa shape index (κ3) is 1.56. The normalized spacial score (nSPS) is 20.4. The molecule has 1 aromatic carbocycles. The number of aryl methyl sites for hydroxylation is 1. The first-order valence-electron chi connectivity index (χ1n) is 5.40. The molecule has 1 aliphatic carbocycles. The molecule has 1 atom stereocenters. The van der Waals surface area contributed by atoms with Crippen LogP contribution < -0.4 is 0 Å². The van der Waals surface area contributed by atoms with Gasteiger partial charge in [0.05, 0.1) is 0 Å². The molecule has 0 spiro atoms. The highest BCUT2D eigenvalue weighted by atomic mass is 35.5. The van der Waals surface area contributed by atoms with E-state index in [1.54, 1.807) is 6.20 Å². The monoisotopic (exact) mass is 247 g/mol. The lowest BCUT2D eigenvalue weighted by atomic mass is 9.95. The molecule has 0 saturated carbocycles. The Morgan fingerprint density at radius 2 is 1.82 bits per heavy atom. The molecule has 17 heavy (non-hydrogen) atoms. The van der Waals surface area contributed by atoms with E-state index in [-0.39, 0.29) is 12.4 Å². The van der Waals surface area contributed by atoms with Gasteiger partial charge in [-0.2, -0.15) is 0 Å². The summed E-state index contributed by atoms with van der Waals surface area (Å²) in [4.78, 5) is 4.27. The standard InChI is InChI=1S/C14H13NO.ClH/c1-9-7-11-10-5-3-4-6-12(10)14(2,16)13(11)8-15-9;/h3-8,16H,1-2H3;1H. The number of halogens is 1. The van der Waals surface area contributed by atoms with Crippen LogP contribution in [0.5, 0.6) is 0 Å². The average molecular weight is 248 g/mol. The lowest BCUT2D eigenvalue weighted by Crippen LogP contribution is -2.19. The number of aromatic nitrogens is 1. The first-order valence-corrected chi connectivity index (χ1v) is 5.40.